The van der Waals surface area contributed by atoms with Crippen molar-refractivity contribution in [3.05, 3.63) is 12.2 Å². The van der Waals surface area contributed by atoms with E-state index in [-0.39, 0.29) is 0 Å². The van der Waals surface area contributed by atoms with Gasteiger partial charge in [-0.1, -0.05) is 70.4 Å². The Balaban J connectivity index is 1.81. The monoisotopic (exact) mass is 280 g/mol. The summed E-state index contributed by atoms with van der Waals surface area (Å²) in [6.07, 6.45) is 22.4. The van der Waals surface area contributed by atoms with Gasteiger partial charge in [-0.3, -0.25) is 0 Å². The van der Waals surface area contributed by atoms with Gasteiger partial charge in [0.2, 0.25) is 0 Å². The minimum absolute atomic E-state index is 0.365. The SMILES string of the molecule is CCCCCC[C@H]1C[C@H]1/C=C\CCCCCCCCO. The van der Waals surface area contributed by atoms with E-state index in [0.29, 0.717) is 6.61 Å². The highest BCUT2D eigenvalue weighted by Gasteiger charge is 2.33. The third kappa shape index (κ3) is 9.58. The van der Waals surface area contributed by atoms with E-state index >= 15 is 0 Å². The summed E-state index contributed by atoms with van der Waals surface area (Å²) in [5, 5.41) is 8.69. The topological polar surface area (TPSA) is 20.2 Å². The highest BCUT2D eigenvalue weighted by Crippen LogP contribution is 2.43. The first-order valence-corrected chi connectivity index (χ1v) is 9.16. The summed E-state index contributed by atoms with van der Waals surface area (Å²) >= 11 is 0. The van der Waals surface area contributed by atoms with Gasteiger partial charge in [0.05, 0.1) is 0 Å². The van der Waals surface area contributed by atoms with Crippen molar-refractivity contribution in [2.75, 3.05) is 6.61 Å². The molecule has 0 saturated heterocycles. The molecular formula is C19H36O. The maximum atomic E-state index is 8.69. The molecule has 118 valence electrons. The van der Waals surface area contributed by atoms with Crippen molar-refractivity contribution in [1.82, 2.24) is 0 Å². The fourth-order valence-electron chi connectivity index (χ4n) is 3.02. The largest absolute Gasteiger partial charge is 0.396 e. The highest BCUT2D eigenvalue weighted by atomic mass is 16.2. The summed E-state index contributed by atoms with van der Waals surface area (Å²) in [7, 11) is 0. The van der Waals surface area contributed by atoms with Gasteiger partial charge in [0.1, 0.15) is 0 Å². The Morgan fingerprint density at radius 2 is 1.60 bits per heavy atom. The van der Waals surface area contributed by atoms with Crippen LogP contribution >= 0.6 is 0 Å². The lowest BCUT2D eigenvalue weighted by Crippen LogP contribution is -1.84. The predicted molar refractivity (Wildman–Crippen MR) is 88.9 cm³/mol. The molecule has 1 nitrogen and oxygen atoms in total. The van der Waals surface area contributed by atoms with Gasteiger partial charge in [-0.05, 0) is 43.9 Å². The Labute approximate surface area is 126 Å². The zero-order valence-electron chi connectivity index (χ0n) is 13.7. The van der Waals surface area contributed by atoms with Gasteiger partial charge in [0.25, 0.3) is 0 Å². The second-order valence-electron chi connectivity index (χ2n) is 6.57. The third-order valence-corrected chi connectivity index (χ3v) is 4.57. The molecule has 0 aromatic carbocycles. The number of hydrogen-bond acceptors (Lipinski definition) is 1. The van der Waals surface area contributed by atoms with E-state index in [1.807, 2.05) is 0 Å². The fourth-order valence-corrected chi connectivity index (χ4v) is 3.02. The molecule has 1 N–H and O–H groups in total. The summed E-state index contributed by atoms with van der Waals surface area (Å²) in [6.45, 7) is 2.65. The molecule has 0 aromatic heterocycles. The van der Waals surface area contributed by atoms with Crippen molar-refractivity contribution in [2.45, 2.75) is 90.4 Å². The van der Waals surface area contributed by atoms with Crippen molar-refractivity contribution in [3.63, 3.8) is 0 Å². The molecule has 1 saturated carbocycles. The second kappa shape index (κ2) is 12.4. The van der Waals surface area contributed by atoms with Crippen LogP contribution in [0.1, 0.15) is 90.4 Å². The van der Waals surface area contributed by atoms with Crippen LogP contribution in [-0.2, 0) is 0 Å². The van der Waals surface area contributed by atoms with Crippen molar-refractivity contribution >= 4 is 0 Å². The van der Waals surface area contributed by atoms with Gasteiger partial charge in [-0.15, -0.1) is 0 Å². The maximum absolute atomic E-state index is 8.69. The van der Waals surface area contributed by atoms with Crippen molar-refractivity contribution in [2.24, 2.45) is 11.8 Å². The highest BCUT2D eigenvalue weighted by molar-refractivity contribution is 5.01. The zero-order chi connectivity index (χ0) is 14.5. The Morgan fingerprint density at radius 1 is 0.900 bits per heavy atom. The number of hydrogen-bond donors (Lipinski definition) is 1. The molecule has 0 bridgehead atoms. The lowest BCUT2D eigenvalue weighted by Gasteiger charge is -1.99. The van der Waals surface area contributed by atoms with Crippen LogP contribution in [0.3, 0.4) is 0 Å². The van der Waals surface area contributed by atoms with Crippen LogP contribution in [0.15, 0.2) is 12.2 Å². The van der Waals surface area contributed by atoms with Crippen LogP contribution in [0.5, 0.6) is 0 Å². The molecule has 20 heavy (non-hydrogen) atoms. The van der Waals surface area contributed by atoms with E-state index in [9.17, 15) is 0 Å². The van der Waals surface area contributed by atoms with Crippen LogP contribution in [-0.4, -0.2) is 11.7 Å². The normalized spacial score (nSPS) is 21.7. The number of aliphatic hydroxyl groups is 1. The maximum Gasteiger partial charge on any atom is 0.0431 e. The zero-order valence-corrected chi connectivity index (χ0v) is 13.7. The molecule has 1 fully saturated rings. The summed E-state index contributed by atoms with van der Waals surface area (Å²) in [4.78, 5) is 0. The van der Waals surface area contributed by atoms with Gasteiger partial charge in [-0.2, -0.15) is 0 Å². The van der Waals surface area contributed by atoms with E-state index < -0.39 is 0 Å². The van der Waals surface area contributed by atoms with Gasteiger partial charge in [-0.25, -0.2) is 0 Å². The molecule has 0 radical (unpaired) electrons. The lowest BCUT2D eigenvalue weighted by molar-refractivity contribution is 0.282. The minimum atomic E-state index is 0.365. The summed E-state index contributed by atoms with van der Waals surface area (Å²) < 4.78 is 0. The molecule has 0 amide bonds. The van der Waals surface area contributed by atoms with E-state index in [0.717, 1.165) is 18.3 Å². The first-order chi connectivity index (χ1) is 9.88. The molecule has 0 spiro atoms. The second-order valence-corrected chi connectivity index (χ2v) is 6.57. The van der Waals surface area contributed by atoms with Gasteiger partial charge < -0.3 is 5.11 Å². The Hall–Kier alpha value is -0.300. The standard InChI is InChI=1S/C19H36O/c1-2-3-4-11-14-18-17-19(18)15-12-9-7-5-6-8-10-13-16-20/h12,15,18-20H,2-11,13-14,16-17H2,1H3/b15-12-/t18-,19+/m0/s1. The number of aliphatic hydroxyl groups excluding tert-OH is 1. The van der Waals surface area contributed by atoms with E-state index in [2.05, 4.69) is 19.1 Å². The Kier molecular flexibility index (Phi) is 11.0. The third-order valence-electron chi connectivity index (χ3n) is 4.57. The summed E-state index contributed by atoms with van der Waals surface area (Å²) in [6, 6.07) is 0. The van der Waals surface area contributed by atoms with Gasteiger partial charge >= 0.3 is 0 Å². The van der Waals surface area contributed by atoms with E-state index in [1.165, 1.54) is 77.0 Å². The number of rotatable bonds is 14. The first kappa shape index (κ1) is 17.8. The molecule has 1 rings (SSSR count). The van der Waals surface area contributed by atoms with Gasteiger partial charge in [0, 0.05) is 6.61 Å². The quantitative estimate of drug-likeness (QED) is 0.311. The van der Waals surface area contributed by atoms with E-state index in [1.54, 1.807) is 0 Å². The molecule has 0 aromatic rings. The van der Waals surface area contributed by atoms with Crippen LogP contribution < -0.4 is 0 Å². The van der Waals surface area contributed by atoms with Crippen LogP contribution in [0.2, 0.25) is 0 Å². The minimum Gasteiger partial charge on any atom is -0.396 e. The lowest BCUT2D eigenvalue weighted by atomic mass is 10.1. The summed E-state index contributed by atoms with van der Waals surface area (Å²) in [5.41, 5.74) is 0. The number of allylic oxidation sites excluding steroid dienone is 2. The van der Waals surface area contributed by atoms with Crippen molar-refractivity contribution < 1.29 is 5.11 Å². The molecule has 2 atom stereocenters. The molecule has 0 aliphatic heterocycles. The van der Waals surface area contributed by atoms with Gasteiger partial charge in [0.15, 0.2) is 0 Å². The predicted octanol–water partition coefficient (Wildman–Crippen LogP) is 5.87. The average molecular weight is 280 g/mol. The molecule has 1 heteroatoms. The molecule has 0 unspecified atom stereocenters. The molecule has 1 aliphatic rings. The Morgan fingerprint density at radius 3 is 2.35 bits per heavy atom. The fraction of sp³-hybridized carbons (Fsp3) is 0.895. The molecular weight excluding hydrogens is 244 g/mol. The van der Waals surface area contributed by atoms with Crippen LogP contribution in [0, 0.1) is 11.8 Å². The first-order valence-electron chi connectivity index (χ1n) is 9.16. The van der Waals surface area contributed by atoms with Crippen LogP contribution in [0.4, 0.5) is 0 Å². The Bertz CT molecular complexity index is 234. The van der Waals surface area contributed by atoms with Crippen LogP contribution in [0.25, 0.3) is 0 Å². The summed E-state index contributed by atoms with van der Waals surface area (Å²) in [5.74, 6) is 1.96. The average Bonchev–Trinajstić information content (AvgIpc) is 3.20. The molecule has 1 aliphatic carbocycles. The van der Waals surface area contributed by atoms with Crippen molar-refractivity contribution in [1.29, 1.82) is 0 Å². The number of unbranched alkanes of at least 4 members (excludes halogenated alkanes) is 9. The van der Waals surface area contributed by atoms with E-state index in [4.69, 9.17) is 5.11 Å². The molecule has 0 heterocycles. The smallest absolute Gasteiger partial charge is 0.0431 e. The van der Waals surface area contributed by atoms with Crippen molar-refractivity contribution in [3.8, 4) is 0 Å².